The molecule has 0 unspecified atom stereocenters. The van der Waals surface area contributed by atoms with E-state index >= 15 is 0 Å². The number of alkyl halides is 2. The van der Waals surface area contributed by atoms with Crippen LogP contribution in [0.1, 0.15) is 16.7 Å². The lowest BCUT2D eigenvalue weighted by molar-refractivity contribution is -0.141. The Kier molecular flexibility index (Phi) is 6.28. The zero-order valence-corrected chi connectivity index (χ0v) is 20.4. The zero-order chi connectivity index (χ0) is 27.1. The summed E-state index contributed by atoms with van der Waals surface area (Å²) in [6, 6.07) is 20.7. The topological polar surface area (TPSA) is 83.6 Å². The second-order valence-corrected chi connectivity index (χ2v) is 10.3. The zero-order valence-electron chi connectivity index (χ0n) is 19.6. The highest BCUT2D eigenvalue weighted by Gasteiger charge is 2.53. The smallest absolute Gasteiger partial charge is 0.301 e. The minimum Gasteiger partial charge on any atom is -0.301 e. The molecule has 1 N–H and O–H groups in total. The highest BCUT2D eigenvalue weighted by Crippen LogP contribution is 2.47. The van der Waals surface area contributed by atoms with E-state index in [4.69, 9.17) is 0 Å². The number of nitrogens with zero attached hydrogens (tertiary/aromatic N) is 1. The maximum atomic E-state index is 15.0. The summed E-state index contributed by atoms with van der Waals surface area (Å²) >= 11 is 0. The number of para-hydroxylation sites is 1. The highest BCUT2D eigenvalue weighted by molar-refractivity contribution is 7.90. The number of carbonyl (C=O) groups is 2. The molecule has 0 atom stereocenters. The second kappa shape index (κ2) is 9.46. The van der Waals surface area contributed by atoms with Gasteiger partial charge in [0.1, 0.15) is 5.82 Å². The maximum Gasteiger partial charge on any atom is 0.352 e. The van der Waals surface area contributed by atoms with E-state index in [1.54, 1.807) is 6.07 Å². The molecular weight excluding hydrogens is 517 g/mol. The van der Waals surface area contributed by atoms with Crippen molar-refractivity contribution >= 4 is 44.4 Å². The Morgan fingerprint density at radius 1 is 0.921 bits per heavy atom. The van der Waals surface area contributed by atoms with Gasteiger partial charge in [0.15, 0.2) is 0 Å². The monoisotopic (exact) mass is 536 g/mol. The fourth-order valence-electron chi connectivity index (χ4n) is 4.31. The second-order valence-electron chi connectivity index (χ2n) is 8.65. The van der Waals surface area contributed by atoms with Gasteiger partial charge in [0.05, 0.1) is 22.7 Å². The van der Waals surface area contributed by atoms with E-state index in [2.05, 4.69) is 0 Å². The first-order chi connectivity index (χ1) is 18.1. The molecule has 0 spiro atoms. The summed E-state index contributed by atoms with van der Waals surface area (Å²) in [6.07, 6.45) is 2.03. The van der Waals surface area contributed by atoms with Crippen LogP contribution in [-0.4, -0.2) is 20.2 Å². The lowest BCUT2D eigenvalue weighted by atomic mass is 10.0. The summed E-state index contributed by atoms with van der Waals surface area (Å²) in [5.74, 6) is -6.87. The van der Waals surface area contributed by atoms with Crippen molar-refractivity contribution < 1.29 is 31.2 Å². The Hall–Kier alpha value is -4.44. The normalized spacial score (nSPS) is 14.7. The first-order valence-corrected chi connectivity index (χ1v) is 12.9. The molecule has 10 heteroatoms. The van der Waals surface area contributed by atoms with E-state index in [1.807, 2.05) is 41.1 Å². The van der Waals surface area contributed by atoms with Gasteiger partial charge in [-0.1, -0.05) is 54.6 Å². The molecule has 4 aromatic carbocycles. The van der Waals surface area contributed by atoms with Crippen LogP contribution in [0.2, 0.25) is 0 Å². The van der Waals surface area contributed by atoms with Crippen molar-refractivity contribution in [2.75, 3.05) is 4.90 Å². The largest absolute Gasteiger partial charge is 0.352 e. The van der Waals surface area contributed by atoms with Crippen LogP contribution in [0, 0.1) is 5.82 Å². The number of anilines is 1. The molecule has 0 aliphatic carbocycles. The lowest BCUT2D eigenvalue weighted by Gasteiger charge is -2.19. The summed E-state index contributed by atoms with van der Waals surface area (Å²) in [5.41, 5.74) is 0.177. The number of carbonyl (C=O) groups excluding carboxylic acids is 2. The van der Waals surface area contributed by atoms with Crippen molar-refractivity contribution in [3.8, 4) is 0 Å². The molecular formula is C28H19F3N2O4S. The molecule has 1 aliphatic rings. The van der Waals surface area contributed by atoms with Crippen LogP contribution in [0.3, 0.4) is 0 Å². The maximum absolute atomic E-state index is 15.0. The minimum absolute atomic E-state index is 0.0684. The van der Waals surface area contributed by atoms with Crippen molar-refractivity contribution in [1.82, 2.24) is 4.72 Å². The van der Waals surface area contributed by atoms with Gasteiger partial charge in [-0.15, -0.1) is 0 Å². The molecule has 6 nitrogen and oxygen atoms in total. The summed E-state index contributed by atoms with van der Waals surface area (Å²) in [5, 5.41) is 1.84. The molecule has 0 fully saturated rings. The standard InChI is InChI=1S/C28H19F3N2O4S/c29-22-11-13-23(14-12-22)38(36,37)32-25(34)15-10-20-6-3-7-24-26(20)33(27(35)28(24,30)31)17-18-8-9-19-4-1-2-5-21(19)16-18/h1-16H,17H2,(H,32,34)/b15-10+. The fourth-order valence-corrected chi connectivity index (χ4v) is 5.26. The average molecular weight is 537 g/mol. The van der Waals surface area contributed by atoms with E-state index in [1.165, 1.54) is 12.1 Å². The molecule has 1 heterocycles. The summed E-state index contributed by atoms with van der Waals surface area (Å²) in [6.45, 7) is -0.137. The number of sulfonamides is 1. The van der Waals surface area contributed by atoms with Crippen molar-refractivity contribution in [1.29, 1.82) is 0 Å². The van der Waals surface area contributed by atoms with Crippen molar-refractivity contribution in [3.05, 3.63) is 114 Å². The number of nitrogens with one attached hydrogen (secondary N) is 1. The Bertz CT molecular complexity index is 1720. The average Bonchev–Trinajstić information content (AvgIpc) is 3.08. The van der Waals surface area contributed by atoms with E-state index in [9.17, 15) is 31.2 Å². The van der Waals surface area contributed by atoms with Crippen molar-refractivity contribution in [3.63, 3.8) is 0 Å². The van der Waals surface area contributed by atoms with E-state index in [0.717, 1.165) is 58.2 Å². The van der Waals surface area contributed by atoms with Gasteiger partial charge in [-0.05, 0) is 58.3 Å². The van der Waals surface area contributed by atoms with Crippen LogP contribution in [0.5, 0.6) is 0 Å². The summed E-state index contributed by atoms with van der Waals surface area (Å²) in [7, 11) is -4.29. The first-order valence-electron chi connectivity index (χ1n) is 11.4. The molecule has 0 saturated heterocycles. The SMILES string of the molecule is O=C(/C=C/c1cccc2c1N(Cc1ccc3ccccc3c1)C(=O)C2(F)F)NS(=O)(=O)c1ccc(F)cc1. The third-order valence-electron chi connectivity index (χ3n) is 6.12. The molecule has 4 aromatic rings. The molecule has 0 saturated carbocycles. The van der Waals surface area contributed by atoms with Gasteiger partial charge < -0.3 is 4.90 Å². The van der Waals surface area contributed by atoms with E-state index in [0.29, 0.717) is 5.56 Å². The quantitative estimate of drug-likeness (QED) is 0.346. The third kappa shape index (κ3) is 4.66. The summed E-state index contributed by atoms with van der Waals surface area (Å²) < 4.78 is 69.6. The Morgan fingerprint density at radius 3 is 2.37 bits per heavy atom. The van der Waals surface area contributed by atoms with Crippen molar-refractivity contribution in [2.45, 2.75) is 17.4 Å². The van der Waals surface area contributed by atoms with Crippen LogP contribution in [-0.2, 0) is 32.1 Å². The molecule has 192 valence electrons. The number of fused-ring (bicyclic) bond motifs is 2. The van der Waals surface area contributed by atoms with Gasteiger partial charge in [-0.2, -0.15) is 8.78 Å². The predicted molar refractivity (Wildman–Crippen MR) is 136 cm³/mol. The van der Waals surface area contributed by atoms with Crippen molar-refractivity contribution in [2.24, 2.45) is 0 Å². The number of hydrogen-bond acceptors (Lipinski definition) is 4. The van der Waals surface area contributed by atoms with E-state index < -0.39 is 39.1 Å². The van der Waals surface area contributed by atoms with Crippen LogP contribution in [0.25, 0.3) is 16.8 Å². The molecule has 0 bridgehead atoms. The molecule has 38 heavy (non-hydrogen) atoms. The summed E-state index contributed by atoms with van der Waals surface area (Å²) in [4.78, 5) is 25.8. The number of amides is 2. The molecule has 5 rings (SSSR count). The Balaban J connectivity index is 1.44. The highest BCUT2D eigenvalue weighted by atomic mass is 32.2. The molecule has 0 aromatic heterocycles. The van der Waals surface area contributed by atoms with Gasteiger partial charge in [0.25, 0.3) is 15.9 Å². The number of benzene rings is 4. The van der Waals surface area contributed by atoms with Crippen LogP contribution in [0.4, 0.5) is 18.9 Å². The molecule has 0 radical (unpaired) electrons. The molecule has 2 amide bonds. The van der Waals surface area contributed by atoms with E-state index in [-0.39, 0.29) is 22.7 Å². The number of rotatable bonds is 6. The fraction of sp³-hybridized carbons (Fsp3) is 0.0714. The van der Waals surface area contributed by atoms with Gasteiger partial charge >= 0.3 is 11.8 Å². The first kappa shape index (κ1) is 25.2. The lowest BCUT2D eigenvalue weighted by Crippen LogP contribution is -2.34. The third-order valence-corrected chi connectivity index (χ3v) is 7.48. The van der Waals surface area contributed by atoms with Gasteiger partial charge in [0.2, 0.25) is 0 Å². The van der Waals surface area contributed by atoms with Gasteiger partial charge in [-0.25, -0.2) is 17.5 Å². The van der Waals surface area contributed by atoms with Gasteiger partial charge in [0, 0.05) is 6.08 Å². The van der Waals surface area contributed by atoms with Crippen LogP contribution >= 0.6 is 0 Å². The Morgan fingerprint density at radius 2 is 1.63 bits per heavy atom. The predicted octanol–water partition coefficient (Wildman–Crippen LogP) is 5.14. The molecule has 1 aliphatic heterocycles. The number of hydrogen-bond donors (Lipinski definition) is 1. The Labute approximate surface area is 216 Å². The van der Waals surface area contributed by atoms with Crippen LogP contribution in [0.15, 0.2) is 95.9 Å². The van der Waals surface area contributed by atoms with Gasteiger partial charge in [-0.3, -0.25) is 9.59 Å². The van der Waals surface area contributed by atoms with Crippen LogP contribution < -0.4 is 9.62 Å². The number of halogens is 3. The minimum atomic E-state index is -4.29.